The van der Waals surface area contributed by atoms with Crippen LogP contribution >= 0.6 is 23.1 Å². The Balaban J connectivity index is 1.87. The number of hydrogen-bond acceptors (Lipinski definition) is 6. The van der Waals surface area contributed by atoms with Crippen molar-refractivity contribution in [1.29, 1.82) is 0 Å². The number of anilines is 1. The molecule has 142 valence electrons. The third kappa shape index (κ3) is 6.96. The minimum atomic E-state index is 0.143. The average molecular weight is 393 g/mol. The van der Waals surface area contributed by atoms with E-state index in [1.165, 1.54) is 34.2 Å². The fraction of sp³-hybridized carbons (Fsp3) is 0.526. The number of aryl methyl sites for hydroxylation is 1. The van der Waals surface area contributed by atoms with Gasteiger partial charge in [-0.2, -0.15) is 0 Å². The van der Waals surface area contributed by atoms with E-state index in [-0.39, 0.29) is 5.91 Å². The molecule has 0 bridgehead atoms. The highest BCUT2D eigenvalue weighted by atomic mass is 32.2. The second-order valence-electron chi connectivity index (χ2n) is 6.74. The lowest BCUT2D eigenvalue weighted by molar-refractivity contribution is -0.129. The van der Waals surface area contributed by atoms with Gasteiger partial charge in [-0.05, 0) is 24.8 Å². The molecule has 2 rings (SSSR count). The number of carbonyl (C=O) groups is 1. The molecule has 0 spiro atoms. The van der Waals surface area contributed by atoms with Crippen molar-refractivity contribution in [1.82, 2.24) is 15.1 Å². The van der Waals surface area contributed by atoms with Crippen LogP contribution in [0.4, 0.5) is 5.13 Å². The molecule has 0 aliphatic heterocycles. The minimum Gasteiger partial charge on any atom is -0.360 e. The molecular weight excluding hydrogens is 364 g/mol. The quantitative estimate of drug-likeness (QED) is 0.606. The third-order valence-corrected chi connectivity index (χ3v) is 5.73. The standard InChI is InChI=1S/C19H28N4OS2/c1-5-10-23(12-16-8-6-15(4)7-9-16)17(24)13-25-19-22-21-18(26-19)20-11-14(2)3/h6-9,14H,5,10-13H2,1-4H3,(H,20,21). The van der Waals surface area contributed by atoms with Gasteiger partial charge in [-0.1, -0.05) is 73.7 Å². The zero-order chi connectivity index (χ0) is 18.9. The van der Waals surface area contributed by atoms with Gasteiger partial charge in [-0.25, -0.2) is 0 Å². The Morgan fingerprint density at radius 2 is 2.00 bits per heavy atom. The largest absolute Gasteiger partial charge is 0.360 e. The van der Waals surface area contributed by atoms with E-state index in [4.69, 9.17) is 0 Å². The lowest BCUT2D eigenvalue weighted by Crippen LogP contribution is -2.32. The molecule has 1 aromatic carbocycles. The van der Waals surface area contributed by atoms with Crippen LogP contribution in [0.15, 0.2) is 28.6 Å². The molecule has 5 nitrogen and oxygen atoms in total. The van der Waals surface area contributed by atoms with Crippen LogP contribution in [-0.2, 0) is 11.3 Å². The summed E-state index contributed by atoms with van der Waals surface area (Å²) in [7, 11) is 0. The second kappa shape index (κ2) is 10.5. The number of benzene rings is 1. The maximum Gasteiger partial charge on any atom is 0.233 e. The van der Waals surface area contributed by atoms with Gasteiger partial charge < -0.3 is 10.2 Å². The van der Waals surface area contributed by atoms with Crippen LogP contribution in [0.25, 0.3) is 0 Å². The lowest BCUT2D eigenvalue weighted by atomic mass is 10.1. The van der Waals surface area contributed by atoms with E-state index in [2.05, 4.69) is 67.5 Å². The summed E-state index contributed by atoms with van der Waals surface area (Å²) in [4.78, 5) is 14.6. The number of rotatable bonds is 10. The SMILES string of the molecule is CCCN(Cc1ccc(C)cc1)C(=O)CSc1nnc(NCC(C)C)s1. The molecule has 0 radical (unpaired) electrons. The third-order valence-electron chi connectivity index (χ3n) is 3.73. The average Bonchev–Trinajstić information content (AvgIpc) is 3.07. The Kier molecular flexibility index (Phi) is 8.38. The number of nitrogens with zero attached hydrogens (tertiary/aromatic N) is 3. The Labute approximate surface area is 164 Å². The van der Waals surface area contributed by atoms with Crippen molar-refractivity contribution in [2.75, 3.05) is 24.2 Å². The predicted octanol–water partition coefficient (Wildman–Crippen LogP) is 4.45. The molecule has 0 saturated carbocycles. The summed E-state index contributed by atoms with van der Waals surface area (Å²) >= 11 is 2.97. The molecular formula is C19H28N4OS2. The molecule has 1 N–H and O–H groups in total. The molecule has 0 aliphatic carbocycles. The molecule has 26 heavy (non-hydrogen) atoms. The molecule has 0 unspecified atom stereocenters. The topological polar surface area (TPSA) is 58.1 Å². The summed E-state index contributed by atoms with van der Waals surface area (Å²) < 4.78 is 0.830. The number of nitrogens with one attached hydrogen (secondary N) is 1. The number of aromatic nitrogens is 2. The highest BCUT2D eigenvalue weighted by molar-refractivity contribution is 8.01. The first-order valence-electron chi connectivity index (χ1n) is 9.01. The normalized spacial score (nSPS) is 11.0. The van der Waals surface area contributed by atoms with Crippen molar-refractivity contribution in [2.24, 2.45) is 5.92 Å². The molecule has 1 heterocycles. The predicted molar refractivity (Wildman–Crippen MR) is 111 cm³/mol. The van der Waals surface area contributed by atoms with Gasteiger partial charge in [0.1, 0.15) is 0 Å². The first-order chi connectivity index (χ1) is 12.5. The van der Waals surface area contributed by atoms with Crippen LogP contribution in [0.3, 0.4) is 0 Å². The van der Waals surface area contributed by atoms with Crippen molar-refractivity contribution >= 4 is 34.1 Å². The van der Waals surface area contributed by atoms with Crippen molar-refractivity contribution < 1.29 is 4.79 Å². The molecule has 0 atom stereocenters. The monoisotopic (exact) mass is 392 g/mol. The zero-order valence-corrected chi connectivity index (χ0v) is 17.6. The molecule has 0 fully saturated rings. The summed E-state index contributed by atoms with van der Waals surface area (Å²) in [6.07, 6.45) is 0.949. The van der Waals surface area contributed by atoms with Gasteiger partial charge in [0.05, 0.1) is 5.75 Å². The van der Waals surface area contributed by atoms with Crippen LogP contribution in [-0.4, -0.2) is 39.8 Å². The number of thioether (sulfide) groups is 1. The maximum atomic E-state index is 12.6. The summed E-state index contributed by atoms with van der Waals surface area (Å²) in [5, 5.41) is 12.4. The smallest absolute Gasteiger partial charge is 0.233 e. The van der Waals surface area contributed by atoms with E-state index in [9.17, 15) is 4.79 Å². The van der Waals surface area contributed by atoms with E-state index in [1.807, 2.05) is 4.90 Å². The van der Waals surface area contributed by atoms with Crippen molar-refractivity contribution in [3.63, 3.8) is 0 Å². The van der Waals surface area contributed by atoms with Gasteiger partial charge >= 0.3 is 0 Å². The van der Waals surface area contributed by atoms with E-state index in [0.29, 0.717) is 18.2 Å². The summed E-state index contributed by atoms with van der Waals surface area (Å²) in [5.41, 5.74) is 2.40. The summed E-state index contributed by atoms with van der Waals surface area (Å²) in [5.74, 6) is 1.09. The fourth-order valence-electron chi connectivity index (χ4n) is 2.32. The van der Waals surface area contributed by atoms with E-state index in [0.717, 1.165) is 29.0 Å². The van der Waals surface area contributed by atoms with Crippen LogP contribution in [0.1, 0.15) is 38.3 Å². The van der Waals surface area contributed by atoms with E-state index >= 15 is 0 Å². The molecule has 0 saturated heterocycles. The van der Waals surface area contributed by atoms with E-state index in [1.54, 1.807) is 0 Å². The second-order valence-corrected chi connectivity index (χ2v) is 8.94. The highest BCUT2D eigenvalue weighted by Crippen LogP contribution is 2.26. The van der Waals surface area contributed by atoms with Gasteiger partial charge in [0.2, 0.25) is 11.0 Å². The van der Waals surface area contributed by atoms with Crippen LogP contribution < -0.4 is 5.32 Å². The Morgan fingerprint density at radius 3 is 2.65 bits per heavy atom. The lowest BCUT2D eigenvalue weighted by Gasteiger charge is -2.22. The van der Waals surface area contributed by atoms with Crippen molar-refractivity contribution in [3.05, 3.63) is 35.4 Å². The van der Waals surface area contributed by atoms with Gasteiger partial charge in [0.25, 0.3) is 0 Å². The molecule has 1 aromatic heterocycles. The maximum absolute atomic E-state index is 12.6. The van der Waals surface area contributed by atoms with Gasteiger partial charge in [0.15, 0.2) is 4.34 Å². The van der Waals surface area contributed by atoms with Gasteiger partial charge in [-0.3, -0.25) is 4.79 Å². The summed E-state index contributed by atoms with van der Waals surface area (Å²) in [6, 6.07) is 8.36. The van der Waals surface area contributed by atoms with Crippen molar-refractivity contribution in [3.8, 4) is 0 Å². The van der Waals surface area contributed by atoms with Crippen LogP contribution in [0.5, 0.6) is 0 Å². The molecule has 2 aromatic rings. The first-order valence-corrected chi connectivity index (χ1v) is 10.8. The minimum absolute atomic E-state index is 0.143. The zero-order valence-electron chi connectivity index (χ0n) is 16.0. The number of hydrogen-bond donors (Lipinski definition) is 1. The Hall–Kier alpha value is -1.60. The fourth-order valence-corrected chi connectivity index (χ4v) is 3.98. The molecule has 0 aliphatic rings. The Morgan fingerprint density at radius 1 is 1.27 bits per heavy atom. The summed E-state index contributed by atoms with van der Waals surface area (Å²) in [6.45, 7) is 10.8. The highest BCUT2D eigenvalue weighted by Gasteiger charge is 2.15. The molecule has 1 amide bonds. The number of amides is 1. The van der Waals surface area contributed by atoms with Crippen molar-refractivity contribution in [2.45, 2.75) is 45.0 Å². The van der Waals surface area contributed by atoms with Crippen LogP contribution in [0, 0.1) is 12.8 Å². The van der Waals surface area contributed by atoms with E-state index < -0.39 is 0 Å². The van der Waals surface area contributed by atoms with Crippen LogP contribution in [0.2, 0.25) is 0 Å². The number of carbonyl (C=O) groups excluding carboxylic acids is 1. The first kappa shape index (κ1) is 20.7. The van der Waals surface area contributed by atoms with Gasteiger partial charge in [0, 0.05) is 19.6 Å². The molecule has 7 heteroatoms. The Bertz CT molecular complexity index is 685. The van der Waals surface area contributed by atoms with Gasteiger partial charge in [-0.15, -0.1) is 10.2 Å².